The third-order valence-corrected chi connectivity index (χ3v) is 4.34. The molecule has 0 fully saturated rings. The first-order valence-electron chi connectivity index (χ1n) is 9.12. The van der Waals surface area contributed by atoms with Crippen molar-refractivity contribution < 1.29 is 9.47 Å². The molecule has 0 saturated heterocycles. The Hall–Kier alpha value is -1.80. The van der Waals surface area contributed by atoms with Crippen LogP contribution in [0.2, 0.25) is 0 Å². The molecule has 2 heteroatoms. The van der Waals surface area contributed by atoms with Crippen LogP contribution in [0.3, 0.4) is 0 Å². The zero-order valence-corrected chi connectivity index (χ0v) is 15.3. The van der Waals surface area contributed by atoms with Gasteiger partial charge in [0.2, 0.25) is 0 Å². The Labute approximate surface area is 146 Å². The molecule has 2 aromatic carbocycles. The second-order valence-electron chi connectivity index (χ2n) is 6.17. The predicted molar refractivity (Wildman–Crippen MR) is 102 cm³/mol. The lowest BCUT2D eigenvalue weighted by molar-refractivity contribution is 0.146. The molecule has 0 N–H and O–H groups in total. The minimum atomic E-state index is 0.586. The van der Waals surface area contributed by atoms with Gasteiger partial charge in [-0.2, -0.15) is 0 Å². The highest BCUT2D eigenvalue weighted by Crippen LogP contribution is 2.27. The summed E-state index contributed by atoms with van der Waals surface area (Å²) < 4.78 is 10.7. The van der Waals surface area contributed by atoms with Crippen LogP contribution < -0.4 is 4.74 Å². The van der Waals surface area contributed by atoms with E-state index in [1.165, 1.54) is 47.9 Å². The van der Waals surface area contributed by atoms with Crippen molar-refractivity contribution in [1.82, 2.24) is 0 Å². The summed E-state index contributed by atoms with van der Waals surface area (Å²) in [5.41, 5.74) is 5.48. The molecule has 0 saturated carbocycles. The molecule has 0 aromatic heterocycles. The Kier molecular flexibility index (Phi) is 7.84. The van der Waals surface area contributed by atoms with Crippen molar-refractivity contribution in [1.29, 1.82) is 0 Å². The van der Waals surface area contributed by atoms with Crippen LogP contribution in [0.4, 0.5) is 0 Å². The number of benzene rings is 2. The monoisotopic (exact) mass is 326 g/mol. The van der Waals surface area contributed by atoms with Crippen molar-refractivity contribution in [2.45, 2.75) is 46.0 Å². The summed E-state index contributed by atoms with van der Waals surface area (Å²) in [5.74, 6) is 0.894. The maximum absolute atomic E-state index is 5.64. The summed E-state index contributed by atoms with van der Waals surface area (Å²) in [7, 11) is 1.69. The Morgan fingerprint density at radius 2 is 1.67 bits per heavy atom. The van der Waals surface area contributed by atoms with Gasteiger partial charge in [0, 0.05) is 7.11 Å². The lowest BCUT2D eigenvalue weighted by atomic mass is 9.94. The highest BCUT2D eigenvalue weighted by molar-refractivity contribution is 5.68. The Morgan fingerprint density at radius 3 is 2.33 bits per heavy atom. The van der Waals surface area contributed by atoms with Gasteiger partial charge in [-0.1, -0.05) is 57.0 Å². The standard InChI is InChI=1S/C22H30O2/c1-4-6-7-8-18-9-14-22(19(5-2)17-18)20-10-12-21(13-11-20)24-16-15-23-3/h9-14,17H,4-8,15-16H2,1-3H3. The van der Waals surface area contributed by atoms with Gasteiger partial charge < -0.3 is 9.47 Å². The van der Waals surface area contributed by atoms with Crippen molar-refractivity contribution in [2.24, 2.45) is 0 Å². The summed E-state index contributed by atoms with van der Waals surface area (Å²) in [4.78, 5) is 0. The third kappa shape index (κ3) is 5.38. The molecule has 0 radical (unpaired) electrons. The first-order valence-corrected chi connectivity index (χ1v) is 9.12. The van der Waals surface area contributed by atoms with Crippen LogP contribution in [0.5, 0.6) is 5.75 Å². The number of hydrogen-bond acceptors (Lipinski definition) is 2. The molecule has 2 nitrogen and oxygen atoms in total. The zero-order chi connectivity index (χ0) is 17.2. The van der Waals surface area contributed by atoms with Crippen LogP contribution in [0.25, 0.3) is 11.1 Å². The van der Waals surface area contributed by atoms with E-state index >= 15 is 0 Å². The van der Waals surface area contributed by atoms with Gasteiger partial charge in [0.05, 0.1) is 6.61 Å². The van der Waals surface area contributed by atoms with E-state index in [1.807, 2.05) is 12.1 Å². The quantitative estimate of drug-likeness (QED) is 0.523. The number of ether oxygens (including phenoxy) is 2. The normalized spacial score (nSPS) is 10.8. The van der Waals surface area contributed by atoms with Gasteiger partial charge in [-0.25, -0.2) is 0 Å². The summed E-state index contributed by atoms with van der Waals surface area (Å²) >= 11 is 0. The van der Waals surface area contributed by atoms with Crippen LogP contribution in [0, 0.1) is 0 Å². The molecule has 24 heavy (non-hydrogen) atoms. The third-order valence-electron chi connectivity index (χ3n) is 4.34. The molecule has 0 bridgehead atoms. The van der Waals surface area contributed by atoms with Crippen molar-refractivity contribution in [3.8, 4) is 16.9 Å². The van der Waals surface area contributed by atoms with E-state index in [0.717, 1.165) is 12.2 Å². The van der Waals surface area contributed by atoms with E-state index < -0.39 is 0 Å². The number of hydrogen-bond donors (Lipinski definition) is 0. The van der Waals surface area contributed by atoms with Crippen LogP contribution in [0.1, 0.15) is 44.2 Å². The first-order chi connectivity index (χ1) is 11.8. The molecule has 2 rings (SSSR count). The fourth-order valence-electron chi connectivity index (χ4n) is 2.93. The minimum absolute atomic E-state index is 0.586. The van der Waals surface area contributed by atoms with E-state index in [0.29, 0.717) is 13.2 Å². The maximum Gasteiger partial charge on any atom is 0.119 e. The molecule has 0 atom stereocenters. The van der Waals surface area contributed by atoms with Crippen LogP contribution >= 0.6 is 0 Å². The molecule has 2 aromatic rings. The number of rotatable bonds is 10. The molecule has 0 unspecified atom stereocenters. The van der Waals surface area contributed by atoms with Gasteiger partial charge >= 0.3 is 0 Å². The van der Waals surface area contributed by atoms with Crippen LogP contribution in [0.15, 0.2) is 42.5 Å². The van der Waals surface area contributed by atoms with Gasteiger partial charge in [-0.3, -0.25) is 0 Å². The minimum Gasteiger partial charge on any atom is -0.491 e. The van der Waals surface area contributed by atoms with Crippen LogP contribution in [-0.4, -0.2) is 20.3 Å². The zero-order valence-electron chi connectivity index (χ0n) is 15.3. The molecule has 0 amide bonds. The number of aryl methyl sites for hydroxylation is 2. The molecule has 0 spiro atoms. The summed E-state index contributed by atoms with van der Waals surface area (Å²) in [6, 6.07) is 15.3. The highest BCUT2D eigenvalue weighted by atomic mass is 16.5. The topological polar surface area (TPSA) is 18.5 Å². The van der Waals surface area contributed by atoms with Crippen LogP contribution in [-0.2, 0) is 17.6 Å². The van der Waals surface area contributed by atoms with Crippen molar-refractivity contribution in [3.05, 3.63) is 53.6 Å². The highest BCUT2D eigenvalue weighted by Gasteiger charge is 2.06. The molecular formula is C22H30O2. The molecule has 0 aliphatic heterocycles. The van der Waals surface area contributed by atoms with Crippen molar-refractivity contribution >= 4 is 0 Å². The molecule has 0 aliphatic rings. The fourth-order valence-corrected chi connectivity index (χ4v) is 2.93. The SMILES string of the molecule is CCCCCc1ccc(-c2ccc(OCCOC)cc2)c(CC)c1. The average Bonchev–Trinajstić information content (AvgIpc) is 2.63. The lowest BCUT2D eigenvalue weighted by Crippen LogP contribution is -2.03. The Bertz CT molecular complexity index is 602. The fraction of sp³-hybridized carbons (Fsp3) is 0.455. The second-order valence-corrected chi connectivity index (χ2v) is 6.17. The van der Waals surface area contributed by atoms with Crippen molar-refractivity contribution in [2.75, 3.05) is 20.3 Å². The van der Waals surface area contributed by atoms with Crippen molar-refractivity contribution in [3.63, 3.8) is 0 Å². The van der Waals surface area contributed by atoms with Gasteiger partial charge in [-0.05, 0) is 53.6 Å². The summed E-state index contributed by atoms with van der Waals surface area (Å²) in [6.07, 6.45) is 6.12. The van der Waals surface area contributed by atoms with Gasteiger partial charge in [0.15, 0.2) is 0 Å². The largest absolute Gasteiger partial charge is 0.491 e. The molecule has 130 valence electrons. The number of unbranched alkanes of at least 4 members (excludes halogenated alkanes) is 2. The van der Waals surface area contributed by atoms with E-state index in [9.17, 15) is 0 Å². The lowest BCUT2D eigenvalue weighted by Gasteiger charge is -2.12. The predicted octanol–water partition coefficient (Wildman–Crippen LogP) is 5.67. The second kappa shape index (κ2) is 10.1. The maximum atomic E-state index is 5.64. The smallest absolute Gasteiger partial charge is 0.119 e. The van der Waals surface area contributed by atoms with Gasteiger partial charge in [0.1, 0.15) is 12.4 Å². The summed E-state index contributed by atoms with van der Waals surface area (Å²) in [6.45, 7) is 5.68. The number of methoxy groups -OCH3 is 1. The van der Waals surface area contributed by atoms with E-state index in [1.54, 1.807) is 7.11 Å². The Morgan fingerprint density at radius 1 is 0.875 bits per heavy atom. The summed E-state index contributed by atoms with van der Waals surface area (Å²) in [5, 5.41) is 0. The van der Waals surface area contributed by atoms with E-state index in [2.05, 4.69) is 44.2 Å². The van der Waals surface area contributed by atoms with Gasteiger partial charge in [-0.15, -0.1) is 0 Å². The van der Waals surface area contributed by atoms with E-state index in [-0.39, 0.29) is 0 Å². The molecule has 0 aliphatic carbocycles. The molecular weight excluding hydrogens is 296 g/mol. The van der Waals surface area contributed by atoms with E-state index in [4.69, 9.17) is 9.47 Å². The molecule has 0 heterocycles. The average molecular weight is 326 g/mol. The van der Waals surface area contributed by atoms with Gasteiger partial charge in [0.25, 0.3) is 0 Å². The first kappa shape index (κ1) is 18.5. The Balaban J connectivity index is 2.09.